The molecule has 0 saturated carbocycles. The quantitative estimate of drug-likeness (QED) is 0.428. The Labute approximate surface area is 186 Å². The minimum atomic E-state index is -0.788. The van der Waals surface area contributed by atoms with E-state index in [0.717, 1.165) is 49.3 Å². The lowest BCUT2D eigenvalue weighted by Crippen LogP contribution is -2.30. The second-order valence-corrected chi connectivity index (χ2v) is 8.31. The molecule has 0 fully saturated rings. The second-order valence-electron chi connectivity index (χ2n) is 7.54. The third kappa shape index (κ3) is 8.14. The number of primary amides is 1. The Morgan fingerprint density at radius 2 is 1.97 bits per heavy atom. The van der Waals surface area contributed by atoms with E-state index < -0.39 is 17.8 Å². The van der Waals surface area contributed by atoms with E-state index in [4.69, 9.17) is 10.5 Å². The Bertz CT molecular complexity index is 888. The largest absolute Gasteiger partial charge is 0.471 e. The fraction of sp³-hybridized carbons (Fsp3) is 0.476. The molecule has 2 rings (SSSR count). The number of nitrogens with one attached hydrogen (secondary N) is 2. The molecule has 3 amide bonds. The fourth-order valence-electron chi connectivity index (χ4n) is 2.85. The Balaban J connectivity index is 1.85. The Morgan fingerprint density at radius 3 is 2.65 bits per heavy atom. The molecule has 8 nitrogen and oxygen atoms in total. The number of nitrogens with two attached hydrogens (primary N) is 1. The molecule has 0 atom stereocenters. The first-order valence-electron chi connectivity index (χ1n) is 10.1. The van der Waals surface area contributed by atoms with Crippen LogP contribution in [0.15, 0.2) is 18.2 Å². The van der Waals surface area contributed by atoms with Crippen LogP contribution in [-0.4, -0.2) is 48.4 Å². The van der Waals surface area contributed by atoms with E-state index in [1.54, 1.807) is 19.1 Å². The molecule has 2 aromatic rings. The number of benzene rings is 1. The van der Waals surface area contributed by atoms with Gasteiger partial charge in [-0.1, -0.05) is 25.0 Å². The van der Waals surface area contributed by atoms with Crippen LogP contribution in [0.1, 0.15) is 47.2 Å². The molecule has 1 aromatic carbocycles. The average molecular weight is 452 g/mol. The van der Waals surface area contributed by atoms with Crippen molar-refractivity contribution in [3.8, 4) is 5.88 Å². The number of carbonyl (C=O) groups excluding carboxylic acids is 2. The molecule has 0 radical (unpaired) electrons. The van der Waals surface area contributed by atoms with Crippen LogP contribution in [0.5, 0.6) is 5.88 Å². The number of urea groups is 1. The lowest BCUT2D eigenvalue weighted by atomic mass is 10.1. The minimum absolute atomic E-state index is 0.0312. The summed E-state index contributed by atoms with van der Waals surface area (Å²) in [5.41, 5.74) is 6.53. The molecule has 0 aliphatic carbocycles. The molecule has 0 unspecified atom stereocenters. The third-order valence-electron chi connectivity index (χ3n) is 4.52. The number of aryl methyl sites for hydroxylation is 1. The van der Waals surface area contributed by atoms with Gasteiger partial charge in [0.05, 0.1) is 0 Å². The first kappa shape index (κ1) is 24.5. The number of nitrogens with zero attached hydrogens (tertiary/aromatic N) is 2. The van der Waals surface area contributed by atoms with E-state index in [2.05, 4.69) is 19.9 Å². The number of amides is 3. The van der Waals surface area contributed by atoms with Crippen molar-refractivity contribution in [1.82, 2.24) is 14.6 Å². The number of aromatic nitrogens is 1. The summed E-state index contributed by atoms with van der Waals surface area (Å²) < 4.78 is 23.5. The van der Waals surface area contributed by atoms with Gasteiger partial charge in [-0.3, -0.25) is 10.1 Å². The van der Waals surface area contributed by atoms with Crippen molar-refractivity contribution in [2.75, 3.05) is 32.5 Å². The van der Waals surface area contributed by atoms with Gasteiger partial charge in [0.25, 0.3) is 5.91 Å². The van der Waals surface area contributed by atoms with Crippen molar-refractivity contribution in [3.05, 3.63) is 40.7 Å². The Kier molecular flexibility index (Phi) is 9.67. The van der Waals surface area contributed by atoms with E-state index >= 15 is 0 Å². The highest BCUT2D eigenvalue weighted by Gasteiger charge is 2.22. The number of hydrogen-bond donors (Lipinski definition) is 3. The zero-order chi connectivity index (χ0) is 22.8. The molecule has 0 bridgehead atoms. The van der Waals surface area contributed by atoms with Crippen LogP contribution >= 0.6 is 11.5 Å². The van der Waals surface area contributed by atoms with Crippen molar-refractivity contribution in [3.63, 3.8) is 0 Å². The van der Waals surface area contributed by atoms with Gasteiger partial charge in [0.15, 0.2) is 0 Å². The average Bonchev–Trinajstić information content (AvgIpc) is 3.09. The zero-order valence-electron chi connectivity index (χ0n) is 18.2. The molecule has 1 aromatic heterocycles. The first-order valence-corrected chi connectivity index (χ1v) is 10.9. The summed E-state index contributed by atoms with van der Waals surface area (Å²) in [6.07, 6.45) is 4.11. The number of carbonyl (C=O) groups is 2. The highest BCUT2D eigenvalue weighted by atomic mass is 32.1. The number of rotatable bonds is 12. The van der Waals surface area contributed by atoms with Gasteiger partial charge in [-0.25, -0.2) is 9.18 Å². The normalized spacial score (nSPS) is 10.9. The van der Waals surface area contributed by atoms with Crippen molar-refractivity contribution in [2.45, 2.75) is 39.2 Å². The van der Waals surface area contributed by atoms with Gasteiger partial charge in [-0.15, -0.1) is 0 Å². The minimum Gasteiger partial charge on any atom is -0.471 e. The second kappa shape index (κ2) is 12.2. The van der Waals surface area contributed by atoms with Gasteiger partial charge in [0.1, 0.15) is 23.0 Å². The van der Waals surface area contributed by atoms with Crippen LogP contribution in [0.3, 0.4) is 0 Å². The number of unbranched alkanes of at least 4 members (excludes halogenated alkanes) is 3. The van der Waals surface area contributed by atoms with Crippen molar-refractivity contribution in [2.24, 2.45) is 5.73 Å². The smallest absolute Gasteiger partial charge is 0.319 e. The van der Waals surface area contributed by atoms with Crippen LogP contribution in [0.2, 0.25) is 0 Å². The van der Waals surface area contributed by atoms with Gasteiger partial charge >= 0.3 is 6.03 Å². The topological polar surface area (TPSA) is 110 Å². The summed E-state index contributed by atoms with van der Waals surface area (Å²) in [5, 5.41) is 5.53. The van der Waals surface area contributed by atoms with Crippen molar-refractivity contribution in [1.29, 1.82) is 0 Å². The molecular weight excluding hydrogens is 421 g/mol. The van der Waals surface area contributed by atoms with Crippen LogP contribution in [-0.2, 0) is 6.61 Å². The number of hydrogen-bond acceptors (Lipinski definition) is 6. The van der Waals surface area contributed by atoms with Crippen LogP contribution in [0, 0.1) is 12.7 Å². The first-order chi connectivity index (χ1) is 14.8. The maximum absolute atomic E-state index is 14.0. The van der Waals surface area contributed by atoms with E-state index in [-0.39, 0.29) is 23.1 Å². The molecule has 1 heterocycles. The molecule has 10 heteroatoms. The third-order valence-corrected chi connectivity index (χ3v) is 5.27. The van der Waals surface area contributed by atoms with Gasteiger partial charge in [-0.05, 0) is 63.6 Å². The molecule has 0 aliphatic rings. The van der Waals surface area contributed by atoms with Crippen LogP contribution < -0.4 is 21.1 Å². The van der Waals surface area contributed by atoms with Gasteiger partial charge < -0.3 is 20.7 Å². The lowest BCUT2D eigenvalue weighted by Gasteiger charge is -2.09. The predicted molar refractivity (Wildman–Crippen MR) is 120 cm³/mol. The number of ether oxygens (including phenoxy) is 1. The highest BCUT2D eigenvalue weighted by molar-refractivity contribution is 7.11. The maximum Gasteiger partial charge on any atom is 0.319 e. The molecular formula is C21H30FN5O3S. The Morgan fingerprint density at radius 1 is 1.23 bits per heavy atom. The van der Waals surface area contributed by atoms with Crippen molar-refractivity contribution >= 4 is 28.5 Å². The summed E-state index contributed by atoms with van der Waals surface area (Å²) in [6.45, 7) is 3.24. The summed E-state index contributed by atoms with van der Waals surface area (Å²) in [5.74, 6) is -1.23. The highest BCUT2D eigenvalue weighted by Crippen LogP contribution is 2.30. The monoisotopic (exact) mass is 451 g/mol. The van der Waals surface area contributed by atoms with E-state index in [0.29, 0.717) is 12.1 Å². The number of halogens is 1. The van der Waals surface area contributed by atoms with E-state index in [9.17, 15) is 14.0 Å². The zero-order valence-corrected chi connectivity index (χ0v) is 19.0. The summed E-state index contributed by atoms with van der Waals surface area (Å²) in [4.78, 5) is 26.2. The predicted octanol–water partition coefficient (Wildman–Crippen LogP) is 3.51. The maximum atomic E-state index is 14.0. The van der Waals surface area contributed by atoms with Gasteiger partial charge in [0.2, 0.25) is 5.88 Å². The molecule has 4 N–H and O–H groups in total. The summed E-state index contributed by atoms with van der Waals surface area (Å²) >= 11 is 0.881. The molecule has 0 aliphatic heterocycles. The van der Waals surface area contributed by atoms with E-state index in [1.165, 1.54) is 6.07 Å². The molecule has 31 heavy (non-hydrogen) atoms. The van der Waals surface area contributed by atoms with Crippen LogP contribution in [0.25, 0.3) is 0 Å². The number of anilines is 1. The summed E-state index contributed by atoms with van der Waals surface area (Å²) in [7, 11) is 4.09. The lowest BCUT2D eigenvalue weighted by molar-refractivity contribution is 0.0996. The Hall–Kier alpha value is -2.72. The standard InChI is InChI=1S/C21H30FN5O3S/c1-14-8-9-15(16(22)12-14)13-30-19-17(18(23)28)20(31-26-19)25-21(29)24-10-6-4-5-7-11-27(2)3/h8-9,12H,4-7,10-11,13H2,1-3H3,(H2,23,28)(H2,24,25,29). The van der Waals surface area contributed by atoms with E-state index in [1.807, 2.05) is 14.1 Å². The fourth-order valence-corrected chi connectivity index (χ4v) is 3.58. The molecule has 0 spiro atoms. The van der Waals surface area contributed by atoms with Gasteiger partial charge in [-0.2, -0.15) is 4.37 Å². The van der Waals surface area contributed by atoms with Gasteiger partial charge in [0, 0.05) is 12.1 Å². The van der Waals surface area contributed by atoms with Crippen LogP contribution in [0.4, 0.5) is 14.2 Å². The molecule has 170 valence electrons. The SMILES string of the molecule is Cc1ccc(COc2nsc(NC(=O)NCCCCCCN(C)C)c2C(N)=O)c(F)c1. The molecule has 0 saturated heterocycles. The summed E-state index contributed by atoms with van der Waals surface area (Å²) in [6, 6.07) is 4.32. The van der Waals surface area contributed by atoms with Crippen molar-refractivity contribution < 1.29 is 18.7 Å².